The Bertz CT molecular complexity index is 879. The molecule has 0 fully saturated rings. The third-order valence-electron chi connectivity index (χ3n) is 3.38. The number of nitriles is 1. The maximum Gasteiger partial charge on any atom is 0.199 e. The second-order valence-corrected chi connectivity index (χ2v) is 5.59. The Hall–Kier alpha value is -2.71. The quantitative estimate of drug-likeness (QED) is 0.688. The van der Waals surface area contributed by atoms with Gasteiger partial charge in [-0.1, -0.05) is 24.3 Å². The smallest absolute Gasteiger partial charge is 0.199 e. The number of aromatic nitrogens is 1. The number of rotatable bonds is 4. The van der Waals surface area contributed by atoms with Crippen molar-refractivity contribution >= 4 is 28.0 Å². The van der Waals surface area contributed by atoms with Crippen molar-refractivity contribution in [2.45, 2.75) is 5.92 Å². The molecule has 1 aromatic carbocycles. The highest BCUT2D eigenvalue weighted by Crippen LogP contribution is 2.30. The van der Waals surface area contributed by atoms with Crippen LogP contribution in [0.3, 0.4) is 0 Å². The zero-order valence-electron chi connectivity index (χ0n) is 11.8. The molecule has 0 aliphatic heterocycles. The number of fused-ring (bicyclic) bond motifs is 1. The third-order valence-corrected chi connectivity index (χ3v) is 4.29. The molecule has 2 heterocycles. The maximum absolute atomic E-state index is 12.6. The van der Waals surface area contributed by atoms with E-state index in [1.807, 2.05) is 30.3 Å². The van der Waals surface area contributed by atoms with Gasteiger partial charge < -0.3 is 4.74 Å². The van der Waals surface area contributed by atoms with E-state index in [4.69, 9.17) is 4.74 Å². The Morgan fingerprint density at radius 3 is 2.86 bits per heavy atom. The van der Waals surface area contributed by atoms with E-state index in [9.17, 15) is 10.1 Å². The number of thiophene rings is 1. The number of carbonyl (C=O) groups excluding carboxylic acids is 1. The lowest BCUT2D eigenvalue weighted by Gasteiger charge is -2.09. The van der Waals surface area contributed by atoms with Crippen LogP contribution in [-0.4, -0.2) is 17.9 Å². The lowest BCUT2D eigenvalue weighted by molar-refractivity contribution is 0.0979. The highest BCUT2D eigenvalue weighted by atomic mass is 32.1. The van der Waals surface area contributed by atoms with Crippen LogP contribution in [0.5, 0.6) is 5.75 Å². The monoisotopic (exact) mass is 308 g/mol. The number of Topliss-reactive ketones (excluding diaryl/α,β-unsaturated/α-hetero) is 1. The number of hydrogen-bond acceptors (Lipinski definition) is 5. The molecule has 0 aliphatic carbocycles. The van der Waals surface area contributed by atoms with Crippen molar-refractivity contribution in [1.29, 1.82) is 5.26 Å². The van der Waals surface area contributed by atoms with Gasteiger partial charge in [-0.2, -0.15) is 5.26 Å². The Morgan fingerprint density at radius 1 is 1.27 bits per heavy atom. The average molecular weight is 308 g/mol. The highest BCUT2D eigenvalue weighted by Gasteiger charge is 2.27. The van der Waals surface area contributed by atoms with Gasteiger partial charge in [-0.15, -0.1) is 11.3 Å². The fourth-order valence-corrected chi connectivity index (χ4v) is 3.10. The first-order chi connectivity index (χ1) is 10.7. The normalized spacial score (nSPS) is 11.8. The van der Waals surface area contributed by atoms with Gasteiger partial charge in [0.05, 0.1) is 24.4 Å². The van der Waals surface area contributed by atoms with Crippen LogP contribution < -0.4 is 4.74 Å². The summed E-state index contributed by atoms with van der Waals surface area (Å²) < 4.78 is 5.17. The van der Waals surface area contributed by atoms with Gasteiger partial charge in [-0.05, 0) is 23.6 Å². The second kappa shape index (κ2) is 5.96. The van der Waals surface area contributed by atoms with Gasteiger partial charge in [0.25, 0.3) is 0 Å². The summed E-state index contributed by atoms with van der Waals surface area (Å²) in [5, 5.41) is 12.2. The molecule has 0 aliphatic rings. The summed E-state index contributed by atoms with van der Waals surface area (Å²) in [5.74, 6) is -0.717. The van der Waals surface area contributed by atoms with E-state index in [0.717, 1.165) is 10.9 Å². The molecule has 108 valence electrons. The van der Waals surface area contributed by atoms with Crippen LogP contribution in [-0.2, 0) is 0 Å². The molecular formula is C17H12N2O2S. The Labute approximate surface area is 131 Å². The van der Waals surface area contributed by atoms with Gasteiger partial charge in [0.1, 0.15) is 10.6 Å². The fraction of sp³-hybridized carbons (Fsp3) is 0.118. The first kappa shape index (κ1) is 14.2. The van der Waals surface area contributed by atoms with E-state index in [-0.39, 0.29) is 5.78 Å². The van der Waals surface area contributed by atoms with Crippen LogP contribution in [0, 0.1) is 11.3 Å². The Morgan fingerprint density at radius 2 is 2.09 bits per heavy atom. The van der Waals surface area contributed by atoms with E-state index in [2.05, 4.69) is 11.1 Å². The van der Waals surface area contributed by atoms with Crippen molar-refractivity contribution in [2.24, 2.45) is 0 Å². The average Bonchev–Trinajstić information content (AvgIpc) is 3.04. The lowest BCUT2D eigenvalue weighted by Crippen LogP contribution is -2.12. The van der Waals surface area contributed by atoms with Crippen LogP contribution in [0.1, 0.15) is 21.3 Å². The first-order valence-corrected chi connectivity index (χ1v) is 7.53. The second-order valence-electron chi connectivity index (χ2n) is 4.67. The van der Waals surface area contributed by atoms with E-state index in [0.29, 0.717) is 16.3 Å². The minimum atomic E-state index is -0.933. The number of benzene rings is 1. The van der Waals surface area contributed by atoms with Crippen molar-refractivity contribution in [1.82, 2.24) is 4.98 Å². The number of carbonyl (C=O) groups is 1. The molecule has 5 heteroatoms. The first-order valence-electron chi connectivity index (χ1n) is 6.65. The topological polar surface area (TPSA) is 63.0 Å². The molecule has 22 heavy (non-hydrogen) atoms. The van der Waals surface area contributed by atoms with Gasteiger partial charge in [-0.25, -0.2) is 0 Å². The van der Waals surface area contributed by atoms with Crippen LogP contribution in [0.25, 0.3) is 10.9 Å². The van der Waals surface area contributed by atoms with E-state index >= 15 is 0 Å². The molecule has 1 atom stereocenters. The zero-order valence-corrected chi connectivity index (χ0v) is 12.6. The zero-order chi connectivity index (χ0) is 15.5. The minimum absolute atomic E-state index is 0.280. The summed E-state index contributed by atoms with van der Waals surface area (Å²) in [7, 11) is 1.51. The summed E-state index contributed by atoms with van der Waals surface area (Å²) in [6.45, 7) is 0. The third kappa shape index (κ3) is 2.45. The van der Waals surface area contributed by atoms with Gasteiger partial charge in [0.2, 0.25) is 0 Å². The standard InChI is InChI=1S/C17H12N2O2S/c1-21-15-8-9-22-17(15)16(20)12(10-18)14-7-6-11-4-2-3-5-13(11)19-14/h2-9,12H,1H3/t12-/m0/s1. The van der Waals surface area contributed by atoms with Crippen molar-refractivity contribution in [3.8, 4) is 11.8 Å². The van der Waals surface area contributed by atoms with E-state index in [1.165, 1.54) is 18.4 Å². The lowest BCUT2D eigenvalue weighted by atomic mass is 9.99. The van der Waals surface area contributed by atoms with Crippen LogP contribution >= 0.6 is 11.3 Å². The molecule has 0 spiro atoms. The predicted molar refractivity (Wildman–Crippen MR) is 85.3 cm³/mol. The molecule has 4 nitrogen and oxygen atoms in total. The van der Waals surface area contributed by atoms with Gasteiger partial charge >= 0.3 is 0 Å². The molecule has 3 aromatic rings. The number of hydrogen-bond donors (Lipinski definition) is 0. The van der Waals surface area contributed by atoms with Gasteiger partial charge in [0, 0.05) is 5.39 Å². The molecular weight excluding hydrogens is 296 g/mol. The minimum Gasteiger partial charge on any atom is -0.495 e. The summed E-state index contributed by atoms with van der Waals surface area (Å²) in [6.07, 6.45) is 0. The highest BCUT2D eigenvalue weighted by molar-refractivity contribution is 7.12. The molecule has 0 amide bonds. The van der Waals surface area contributed by atoms with Crippen LogP contribution in [0.4, 0.5) is 0 Å². The Balaban J connectivity index is 2.03. The summed E-state index contributed by atoms with van der Waals surface area (Å²) >= 11 is 1.27. The number of methoxy groups -OCH3 is 1. The SMILES string of the molecule is COc1ccsc1C(=O)[C@@H](C#N)c1ccc2ccccc2n1. The van der Waals surface area contributed by atoms with Crippen molar-refractivity contribution in [3.63, 3.8) is 0 Å². The summed E-state index contributed by atoms with van der Waals surface area (Å²) in [4.78, 5) is 17.5. The molecule has 3 rings (SSSR count). The molecule has 0 unspecified atom stereocenters. The molecule has 0 N–H and O–H groups in total. The molecule has 0 radical (unpaired) electrons. The number of ketones is 1. The number of para-hydroxylation sites is 1. The van der Waals surface area contributed by atoms with Crippen LogP contribution in [0.15, 0.2) is 47.8 Å². The van der Waals surface area contributed by atoms with Crippen molar-refractivity contribution < 1.29 is 9.53 Å². The molecule has 2 aromatic heterocycles. The number of nitrogens with zero attached hydrogens (tertiary/aromatic N) is 2. The fourth-order valence-electron chi connectivity index (χ4n) is 2.27. The van der Waals surface area contributed by atoms with Gasteiger partial charge in [0.15, 0.2) is 11.7 Å². The van der Waals surface area contributed by atoms with E-state index in [1.54, 1.807) is 17.5 Å². The number of pyridine rings is 1. The molecule has 0 saturated heterocycles. The summed E-state index contributed by atoms with van der Waals surface area (Å²) in [6, 6.07) is 15.0. The maximum atomic E-state index is 12.6. The Kier molecular flexibility index (Phi) is 3.86. The van der Waals surface area contributed by atoms with Crippen molar-refractivity contribution in [2.75, 3.05) is 7.11 Å². The van der Waals surface area contributed by atoms with Crippen LogP contribution in [0.2, 0.25) is 0 Å². The summed E-state index contributed by atoms with van der Waals surface area (Å²) in [5.41, 5.74) is 1.23. The largest absolute Gasteiger partial charge is 0.495 e. The van der Waals surface area contributed by atoms with Gasteiger partial charge in [-0.3, -0.25) is 9.78 Å². The van der Waals surface area contributed by atoms with Crippen molar-refractivity contribution in [3.05, 3.63) is 58.4 Å². The number of ether oxygens (including phenoxy) is 1. The molecule has 0 bridgehead atoms. The predicted octanol–water partition coefficient (Wildman–Crippen LogP) is 3.79. The van der Waals surface area contributed by atoms with E-state index < -0.39 is 5.92 Å². The molecule has 0 saturated carbocycles.